The second-order valence-electron chi connectivity index (χ2n) is 9.20. The number of hydrogen-bond donors (Lipinski definition) is 2. The number of halogens is 1. The first-order chi connectivity index (χ1) is 15.8. The number of ether oxygens (including phenoxy) is 1. The van der Waals surface area contributed by atoms with Gasteiger partial charge in [0.2, 0.25) is 10.0 Å². The smallest absolute Gasteiger partial charge is 0.240 e. The third kappa shape index (κ3) is 8.06. The number of likely N-dealkylation sites (N-methyl/N-ethyl adjacent to an activating group) is 1. The maximum atomic E-state index is 12.9. The van der Waals surface area contributed by atoms with Gasteiger partial charge in [-0.2, -0.15) is 0 Å². The molecular weight excluding hydrogens is 462 g/mol. The Morgan fingerprint density at radius 2 is 1.94 bits per heavy atom. The number of sulfonamides is 1. The molecule has 2 fully saturated rings. The van der Waals surface area contributed by atoms with Gasteiger partial charge in [-0.1, -0.05) is 18.5 Å². The lowest BCUT2D eigenvalue weighted by Gasteiger charge is -2.35. The number of anilines is 1. The summed E-state index contributed by atoms with van der Waals surface area (Å²) in [5.74, 6) is 0. The van der Waals surface area contributed by atoms with Gasteiger partial charge in [-0.15, -0.1) is 0 Å². The zero-order valence-corrected chi connectivity index (χ0v) is 21.8. The highest BCUT2D eigenvalue weighted by molar-refractivity contribution is 7.89. The Morgan fingerprint density at radius 3 is 2.64 bits per heavy atom. The van der Waals surface area contributed by atoms with Gasteiger partial charge in [0.1, 0.15) is 0 Å². The molecule has 2 heterocycles. The van der Waals surface area contributed by atoms with Crippen LogP contribution < -0.4 is 10.0 Å². The van der Waals surface area contributed by atoms with Crippen molar-refractivity contribution in [3.63, 3.8) is 0 Å². The highest BCUT2D eigenvalue weighted by Crippen LogP contribution is 2.25. The molecule has 2 N–H and O–H groups in total. The molecule has 0 aliphatic carbocycles. The van der Waals surface area contributed by atoms with Crippen molar-refractivity contribution in [2.45, 2.75) is 43.7 Å². The molecule has 1 aromatic carbocycles. The van der Waals surface area contributed by atoms with E-state index in [2.05, 4.69) is 38.7 Å². The van der Waals surface area contributed by atoms with Gasteiger partial charge in [0.25, 0.3) is 0 Å². The molecular formula is C23H40ClN5O3S. The van der Waals surface area contributed by atoms with E-state index < -0.39 is 10.0 Å². The third-order valence-electron chi connectivity index (χ3n) is 6.62. The molecule has 3 rings (SSSR count). The van der Waals surface area contributed by atoms with E-state index in [1.807, 2.05) is 6.92 Å². The minimum absolute atomic E-state index is 0.147. The fourth-order valence-corrected chi connectivity index (χ4v) is 5.96. The molecule has 33 heavy (non-hydrogen) atoms. The van der Waals surface area contributed by atoms with E-state index in [9.17, 15) is 8.42 Å². The predicted octanol–water partition coefficient (Wildman–Crippen LogP) is 2.17. The van der Waals surface area contributed by atoms with E-state index in [-0.39, 0.29) is 10.9 Å². The first kappa shape index (κ1) is 26.7. The van der Waals surface area contributed by atoms with Crippen LogP contribution in [0.15, 0.2) is 23.1 Å². The van der Waals surface area contributed by atoms with Crippen LogP contribution in [0.25, 0.3) is 0 Å². The predicted molar refractivity (Wildman–Crippen MR) is 135 cm³/mol. The van der Waals surface area contributed by atoms with Gasteiger partial charge >= 0.3 is 0 Å². The van der Waals surface area contributed by atoms with Crippen LogP contribution in [-0.2, 0) is 14.8 Å². The van der Waals surface area contributed by atoms with Gasteiger partial charge < -0.3 is 19.9 Å². The molecule has 2 unspecified atom stereocenters. The monoisotopic (exact) mass is 501 g/mol. The van der Waals surface area contributed by atoms with Crippen molar-refractivity contribution in [2.24, 2.45) is 0 Å². The molecule has 0 saturated carbocycles. The highest BCUT2D eigenvalue weighted by atomic mass is 35.5. The number of morpholine rings is 1. The number of benzene rings is 1. The number of rotatable bonds is 11. The average Bonchev–Trinajstić information content (AvgIpc) is 2.79. The molecule has 188 valence electrons. The maximum absolute atomic E-state index is 12.9. The normalized spacial score (nSPS) is 22.4. The Kier molecular flexibility index (Phi) is 10.2. The lowest BCUT2D eigenvalue weighted by molar-refractivity contribution is -0.00648. The van der Waals surface area contributed by atoms with Crippen LogP contribution in [0.3, 0.4) is 0 Å². The van der Waals surface area contributed by atoms with E-state index in [0.29, 0.717) is 11.1 Å². The minimum Gasteiger partial charge on any atom is -0.383 e. The first-order valence-electron chi connectivity index (χ1n) is 12.1. The second kappa shape index (κ2) is 12.7. The van der Waals surface area contributed by atoms with Gasteiger partial charge in [0, 0.05) is 57.9 Å². The lowest BCUT2D eigenvalue weighted by atomic mass is 10.2. The fraction of sp³-hybridized carbons (Fsp3) is 0.739. The Balaban J connectivity index is 1.47. The van der Waals surface area contributed by atoms with Crippen molar-refractivity contribution in [1.82, 2.24) is 19.4 Å². The van der Waals surface area contributed by atoms with Crippen molar-refractivity contribution >= 4 is 27.3 Å². The number of nitrogens with one attached hydrogen (secondary N) is 2. The molecule has 0 spiro atoms. The van der Waals surface area contributed by atoms with E-state index in [1.165, 1.54) is 6.07 Å². The molecule has 10 heteroatoms. The lowest BCUT2D eigenvalue weighted by Crippen LogP contribution is -2.46. The van der Waals surface area contributed by atoms with E-state index in [0.717, 1.165) is 84.1 Å². The summed E-state index contributed by atoms with van der Waals surface area (Å²) in [6.07, 6.45) is 1.84. The largest absolute Gasteiger partial charge is 0.383 e. The van der Waals surface area contributed by atoms with Gasteiger partial charge in [-0.25, -0.2) is 13.1 Å². The van der Waals surface area contributed by atoms with Crippen molar-refractivity contribution < 1.29 is 13.2 Å². The molecule has 0 radical (unpaired) electrons. The molecule has 2 atom stereocenters. The van der Waals surface area contributed by atoms with Crippen LogP contribution in [0.2, 0.25) is 5.02 Å². The second-order valence-corrected chi connectivity index (χ2v) is 11.3. The van der Waals surface area contributed by atoms with Gasteiger partial charge in [0.15, 0.2) is 0 Å². The molecule has 8 nitrogen and oxygen atoms in total. The van der Waals surface area contributed by atoms with E-state index >= 15 is 0 Å². The van der Waals surface area contributed by atoms with Crippen LogP contribution in [0.5, 0.6) is 0 Å². The summed E-state index contributed by atoms with van der Waals surface area (Å²) in [5.41, 5.74) is 0.750. The highest BCUT2D eigenvalue weighted by Gasteiger charge is 2.22. The summed E-state index contributed by atoms with van der Waals surface area (Å²) in [6, 6.07) is 5.21. The molecule has 2 aliphatic heterocycles. The van der Waals surface area contributed by atoms with Gasteiger partial charge in [-0.05, 0) is 51.6 Å². The van der Waals surface area contributed by atoms with Crippen LogP contribution in [0, 0.1) is 0 Å². The van der Waals surface area contributed by atoms with Crippen molar-refractivity contribution in [3.8, 4) is 0 Å². The minimum atomic E-state index is -3.62. The molecule has 0 aromatic heterocycles. The van der Waals surface area contributed by atoms with E-state index in [4.69, 9.17) is 16.3 Å². The fourth-order valence-electron chi connectivity index (χ4n) is 4.34. The number of hydrogen-bond acceptors (Lipinski definition) is 7. The summed E-state index contributed by atoms with van der Waals surface area (Å²) < 4.78 is 34.1. The standard InChI is InChI=1S/C23H40ClN5O3S/c1-4-20-18-32-16-15-29(20)10-8-25-23-6-5-21(17-22(23)24)33(30,31)26-19(2)7-9-28-13-11-27(3)12-14-28/h5-6,17,19-20,25-26H,4,7-16,18H2,1-3H3. The topological polar surface area (TPSA) is 77.1 Å². The molecule has 1 aromatic rings. The summed E-state index contributed by atoms with van der Waals surface area (Å²) in [4.78, 5) is 7.33. The van der Waals surface area contributed by atoms with Crippen LogP contribution in [0.1, 0.15) is 26.7 Å². The number of nitrogens with zero attached hydrogens (tertiary/aromatic N) is 3. The quantitative estimate of drug-likeness (QED) is 0.481. The zero-order chi connectivity index (χ0) is 23.8. The van der Waals surface area contributed by atoms with Crippen molar-refractivity contribution in [1.29, 1.82) is 0 Å². The van der Waals surface area contributed by atoms with Crippen LogP contribution in [-0.4, -0.2) is 108 Å². The molecule has 2 aliphatic rings. The molecule has 0 bridgehead atoms. The van der Waals surface area contributed by atoms with Crippen molar-refractivity contribution in [3.05, 3.63) is 23.2 Å². The Bertz CT molecular complexity index is 848. The zero-order valence-electron chi connectivity index (χ0n) is 20.2. The SMILES string of the molecule is CCC1COCCN1CCNc1ccc(S(=O)(=O)NC(C)CCN2CCN(C)CC2)cc1Cl. The summed E-state index contributed by atoms with van der Waals surface area (Å²) in [5, 5.41) is 3.76. The average molecular weight is 502 g/mol. The Morgan fingerprint density at radius 1 is 1.18 bits per heavy atom. The van der Waals surface area contributed by atoms with Crippen LogP contribution in [0.4, 0.5) is 5.69 Å². The van der Waals surface area contributed by atoms with Gasteiger partial charge in [0.05, 0.1) is 28.8 Å². The maximum Gasteiger partial charge on any atom is 0.240 e. The van der Waals surface area contributed by atoms with Crippen LogP contribution >= 0.6 is 11.6 Å². The third-order valence-corrected chi connectivity index (χ3v) is 8.52. The van der Waals surface area contributed by atoms with Crippen molar-refractivity contribution in [2.75, 3.05) is 77.9 Å². The summed E-state index contributed by atoms with van der Waals surface area (Å²) in [7, 11) is -1.49. The summed E-state index contributed by atoms with van der Waals surface area (Å²) >= 11 is 6.42. The summed E-state index contributed by atoms with van der Waals surface area (Å²) in [6.45, 7) is 13.3. The molecule has 0 amide bonds. The number of piperazine rings is 1. The van der Waals surface area contributed by atoms with Gasteiger partial charge in [-0.3, -0.25) is 4.90 Å². The first-order valence-corrected chi connectivity index (χ1v) is 13.9. The Hall–Kier alpha value is -0.940. The molecule has 2 saturated heterocycles. The Labute approximate surface area is 204 Å². The van der Waals surface area contributed by atoms with E-state index in [1.54, 1.807) is 12.1 Å².